The number of nitrogens with zero attached hydrogens (tertiary/aromatic N) is 3. The molecular weight excluding hydrogens is 402 g/mol. The van der Waals surface area contributed by atoms with Crippen molar-refractivity contribution in [2.24, 2.45) is 0 Å². The molecular formula is C17H32N4O5P2. The summed E-state index contributed by atoms with van der Waals surface area (Å²) in [6.07, 6.45) is 3.47. The van der Waals surface area contributed by atoms with Crippen molar-refractivity contribution in [3.8, 4) is 0 Å². The Bertz CT molecular complexity index is 625. The second kappa shape index (κ2) is 10.8. The molecule has 0 aromatic heterocycles. The first-order chi connectivity index (χ1) is 13.2. The Morgan fingerprint density at radius 1 is 1.36 bits per heavy atom. The SMILES string of the molecule is C/C(=C/N(C)C1CPCC(COP(C)(=O)N2CCN(C)CC2)O1)C(=O)NC=O. The Morgan fingerprint density at radius 2 is 2.04 bits per heavy atom. The third kappa shape index (κ3) is 6.90. The van der Waals surface area contributed by atoms with E-state index in [4.69, 9.17) is 9.26 Å². The van der Waals surface area contributed by atoms with E-state index in [1.54, 1.807) is 19.8 Å². The van der Waals surface area contributed by atoms with Crippen molar-refractivity contribution in [3.63, 3.8) is 0 Å². The summed E-state index contributed by atoms with van der Waals surface area (Å²) in [6.45, 7) is 6.89. The van der Waals surface area contributed by atoms with Crippen LogP contribution in [0.3, 0.4) is 0 Å². The van der Waals surface area contributed by atoms with E-state index in [9.17, 15) is 14.2 Å². The zero-order valence-electron chi connectivity index (χ0n) is 17.1. The van der Waals surface area contributed by atoms with Crippen LogP contribution < -0.4 is 5.32 Å². The lowest BCUT2D eigenvalue weighted by Crippen LogP contribution is -2.44. The number of piperazine rings is 1. The zero-order chi connectivity index (χ0) is 20.7. The van der Waals surface area contributed by atoms with Gasteiger partial charge in [-0.25, -0.2) is 4.67 Å². The number of imide groups is 1. The average molecular weight is 434 g/mol. The van der Waals surface area contributed by atoms with E-state index < -0.39 is 13.4 Å². The van der Waals surface area contributed by atoms with Crippen LogP contribution in [-0.4, -0.2) is 105 Å². The second-order valence-corrected chi connectivity index (χ2v) is 11.0. The van der Waals surface area contributed by atoms with E-state index in [-0.39, 0.29) is 12.3 Å². The molecule has 28 heavy (non-hydrogen) atoms. The highest BCUT2D eigenvalue weighted by Gasteiger charge is 2.32. The summed E-state index contributed by atoms with van der Waals surface area (Å²) in [5, 5.41) is 2.12. The number of rotatable bonds is 8. The van der Waals surface area contributed by atoms with Crippen LogP contribution in [0, 0.1) is 0 Å². The van der Waals surface area contributed by atoms with Gasteiger partial charge in [0.25, 0.3) is 13.4 Å². The minimum absolute atomic E-state index is 0.127. The van der Waals surface area contributed by atoms with Crippen molar-refractivity contribution in [1.82, 2.24) is 19.8 Å². The van der Waals surface area contributed by atoms with Crippen LogP contribution in [0.1, 0.15) is 6.92 Å². The number of hydrogen-bond donors (Lipinski definition) is 1. The van der Waals surface area contributed by atoms with Crippen molar-refractivity contribution in [2.75, 3.05) is 65.9 Å². The molecule has 0 aromatic rings. The number of carbonyl (C=O) groups is 2. The normalized spacial score (nSPS) is 27.9. The molecule has 4 unspecified atom stereocenters. The van der Waals surface area contributed by atoms with Crippen molar-refractivity contribution in [3.05, 3.63) is 11.8 Å². The lowest BCUT2D eigenvalue weighted by atomic mass is 10.3. The maximum Gasteiger partial charge on any atom is 0.269 e. The molecule has 1 N–H and O–H groups in total. The molecule has 2 aliphatic rings. The highest BCUT2D eigenvalue weighted by molar-refractivity contribution is 7.55. The van der Waals surface area contributed by atoms with Crippen LogP contribution in [0.5, 0.6) is 0 Å². The molecule has 0 aliphatic carbocycles. The Kier molecular flexibility index (Phi) is 9.06. The largest absolute Gasteiger partial charge is 0.355 e. The smallest absolute Gasteiger partial charge is 0.269 e. The molecule has 0 bridgehead atoms. The molecule has 2 aliphatic heterocycles. The molecule has 0 aromatic carbocycles. The Hall–Kier alpha value is -0.820. The highest BCUT2D eigenvalue weighted by Crippen LogP contribution is 2.47. The molecule has 2 fully saturated rings. The Morgan fingerprint density at radius 3 is 2.68 bits per heavy atom. The molecule has 0 radical (unpaired) electrons. The molecule has 160 valence electrons. The summed E-state index contributed by atoms with van der Waals surface area (Å²) in [6, 6.07) is 0. The maximum absolute atomic E-state index is 13.0. The average Bonchev–Trinajstić information content (AvgIpc) is 2.67. The van der Waals surface area contributed by atoms with E-state index in [1.807, 2.05) is 16.6 Å². The Balaban J connectivity index is 1.85. The van der Waals surface area contributed by atoms with Crippen LogP contribution in [0.25, 0.3) is 0 Å². The van der Waals surface area contributed by atoms with Gasteiger partial charge in [0.2, 0.25) is 6.41 Å². The summed E-state index contributed by atoms with van der Waals surface area (Å²) in [4.78, 5) is 26.1. The summed E-state index contributed by atoms with van der Waals surface area (Å²) in [5.74, 6) is -0.431. The van der Waals surface area contributed by atoms with Crippen LogP contribution in [-0.2, 0) is 23.4 Å². The Labute approximate surface area is 169 Å². The van der Waals surface area contributed by atoms with Gasteiger partial charge in [0.1, 0.15) is 6.23 Å². The number of nitrogens with one attached hydrogen (secondary N) is 1. The number of hydrogen-bond acceptors (Lipinski definition) is 7. The van der Waals surface area contributed by atoms with Gasteiger partial charge in [-0.15, -0.1) is 8.58 Å². The molecule has 2 amide bonds. The fraction of sp³-hybridized carbons (Fsp3) is 0.765. The van der Waals surface area contributed by atoms with Crippen LogP contribution >= 0.6 is 16.1 Å². The van der Waals surface area contributed by atoms with Crippen LogP contribution in [0.4, 0.5) is 0 Å². The van der Waals surface area contributed by atoms with Gasteiger partial charge in [-0.1, -0.05) is 0 Å². The van der Waals surface area contributed by atoms with Gasteiger partial charge in [-0.2, -0.15) is 0 Å². The second-order valence-electron chi connectivity index (χ2n) is 7.30. The topological polar surface area (TPSA) is 91.4 Å². The molecule has 11 heteroatoms. The number of carbonyl (C=O) groups excluding carboxylic acids is 2. The predicted molar refractivity (Wildman–Crippen MR) is 111 cm³/mol. The molecule has 0 saturated carbocycles. The number of amides is 2. The minimum atomic E-state index is -2.83. The zero-order valence-corrected chi connectivity index (χ0v) is 19.0. The third-order valence-electron chi connectivity index (χ3n) is 4.93. The first-order valence-corrected chi connectivity index (χ1v) is 12.8. The van der Waals surface area contributed by atoms with E-state index in [0.29, 0.717) is 27.2 Å². The third-order valence-corrected chi connectivity index (χ3v) is 8.37. The van der Waals surface area contributed by atoms with E-state index >= 15 is 0 Å². The van der Waals surface area contributed by atoms with Gasteiger partial charge in [-0.05, 0) is 20.1 Å². The highest BCUT2D eigenvalue weighted by atomic mass is 31.2. The maximum atomic E-state index is 13.0. The molecule has 9 nitrogen and oxygen atoms in total. The van der Waals surface area contributed by atoms with E-state index in [2.05, 4.69) is 17.3 Å². The fourth-order valence-electron chi connectivity index (χ4n) is 3.10. The van der Waals surface area contributed by atoms with E-state index in [0.717, 1.165) is 38.5 Å². The number of likely N-dealkylation sites (N-methyl/N-ethyl adjacent to an activating group) is 1. The summed E-state index contributed by atoms with van der Waals surface area (Å²) in [5.41, 5.74) is 0.424. The van der Waals surface area contributed by atoms with Gasteiger partial charge in [-0.3, -0.25) is 19.5 Å². The summed E-state index contributed by atoms with van der Waals surface area (Å²) < 4.78 is 26.8. The molecule has 0 spiro atoms. The van der Waals surface area contributed by atoms with Gasteiger partial charge >= 0.3 is 0 Å². The van der Waals surface area contributed by atoms with Gasteiger partial charge in [0.05, 0.1) is 12.7 Å². The monoisotopic (exact) mass is 434 g/mol. The predicted octanol–water partition coefficient (Wildman–Crippen LogP) is 0.585. The molecule has 4 atom stereocenters. The first-order valence-electron chi connectivity index (χ1n) is 9.40. The van der Waals surface area contributed by atoms with Crippen LogP contribution in [0.2, 0.25) is 0 Å². The van der Waals surface area contributed by atoms with Crippen molar-refractivity contribution in [2.45, 2.75) is 19.3 Å². The minimum Gasteiger partial charge on any atom is -0.355 e. The molecule has 2 rings (SSSR count). The lowest BCUT2D eigenvalue weighted by molar-refractivity contribution is -0.122. The molecule has 2 saturated heterocycles. The van der Waals surface area contributed by atoms with Crippen molar-refractivity contribution in [1.29, 1.82) is 0 Å². The summed E-state index contributed by atoms with van der Waals surface area (Å²) >= 11 is 0. The fourth-order valence-corrected chi connectivity index (χ4v) is 5.95. The summed E-state index contributed by atoms with van der Waals surface area (Å²) in [7, 11) is 1.77. The van der Waals surface area contributed by atoms with Crippen molar-refractivity contribution >= 4 is 28.4 Å². The van der Waals surface area contributed by atoms with E-state index in [1.165, 1.54) is 0 Å². The lowest BCUT2D eigenvalue weighted by Gasteiger charge is -2.38. The standard InChI is InChI=1S/C17H32N4O5P2/c1-14(17(23)18-13-22)9-20(3)16-12-27-11-15(26-16)10-25-28(4,24)21-7-5-19(2)6-8-21/h9,13,15-16,27H,5-8,10-12H2,1-4H3,(H,18,22,23)/b14-9-. The first kappa shape index (κ1) is 23.5. The van der Waals surface area contributed by atoms with Gasteiger partial charge in [0, 0.05) is 57.8 Å². The number of ether oxygens (including phenoxy) is 1. The quantitative estimate of drug-likeness (QED) is 0.337. The molecule has 2 heterocycles. The van der Waals surface area contributed by atoms with Gasteiger partial charge < -0.3 is 19.1 Å². The van der Waals surface area contributed by atoms with Crippen molar-refractivity contribution < 1.29 is 23.4 Å². The van der Waals surface area contributed by atoms with Gasteiger partial charge in [0.15, 0.2) is 0 Å². The van der Waals surface area contributed by atoms with Crippen LogP contribution in [0.15, 0.2) is 11.8 Å².